The maximum absolute atomic E-state index is 10.4. The van der Waals surface area contributed by atoms with Crippen molar-refractivity contribution in [1.29, 1.82) is 0 Å². The maximum atomic E-state index is 10.4. The fraction of sp³-hybridized carbons (Fsp3) is 0.733. The minimum atomic E-state index is -0.852. The van der Waals surface area contributed by atoms with Crippen molar-refractivity contribution in [3.8, 4) is 0 Å². The quantitative estimate of drug-likeness (QED) is 0.818. The molecule has 0 aliphatic carbocycles. The summed E-state index contributed by atoms with van der Waals surface area (Å²) >= 11 is 6.20. The molecule has 0 amide bonds. The fourth-order valence-corrected chi connectivity index (χ4v) is 2.18. The molecule has 1 unspecified atom stereocenters. The van der Waals surface area contributed by atoms with Crippen LogP contribution in [0.5, 0.6) is 0 Å². The zero-order chi connectivity index (χ0) is 16.4. The van der Waals surface area contributed by atoms with Crippen LogP contribution in [0.1, 0.15) is 39.1 Å². The van der Waals surface area contributed by atoms with Crippen LogP contribution < -0.4 is 5.32 Å². The molecule has 0 bridgehead atoms. The molecule has 1 rings (SSSR count). The van der Waals surface area contributed by atoms with Crippen LogP contribution in [0.4, 0.5) is 5.82 Å². The van der Waals surface area contributed by atoms with E-state index in [-0.39, 0.29) is 5.41 Å². The molecule has 0 spiro atoms. The van der Waals surface area contributed by atoms with Crippen molar-refractivity contribution in [1.82, 2.24) is 14.9 Å². The van der Waals surface area contributed by atoms with Gasteiger partial charge in [0.25, 0.3) is 0 Å². The minimum Gasteiger partial charge on any atom is -0.387 e. The lowest BCUT2D eigenvalue weighted by molar-refractivity contribution is 0.0459. The summed E-state index contributed by atoms with van der Waals surface area (Å²) in [6, 6.07) is 0. The molecule has 1 atom stereocenters. The van der Waals surface area contributed by atoms with E-state index in [4.69, 9.17) is 11.6 Å². The molecule has 0 saturated heterocycles. The Hall–Kier alpha value is -0.910. The number of halogens is 1. The Morgan fingerprint density at radius 2 is 1.76 bits per heavy atom. The van der Waals surface area contributed by atoms with Gasteiger partial charge in [0.15, 0.2) is 0 Å². The summed E-state index contributed by atoms with van der Waals surface area (Å²) in [6.45, 7) is 10.7. The van der Waals surface area contributed by atoms with Crippen molar-refractivity contribution in [2.45, 2.75) is 45.6 Å². The third kappa shape index (κ3) is 5.41. The summed E-state index contributed by atoms with van der Waals surface area (Å²) < 4.78 is 0. The highest BCUT2D eigenvalue weighted by Gasteiger charge is 2.24. The molecule has 5 nitrogen and oxygen atoms in total. The summed E-state index contributed by atoms with van der Waals surface area (Å²) in [5.41, 5.74) is -0.236. The van der Waals surface area contributed by atoms with Crippen LogP contribution in [0.15, 0.2) is 0 Å². The molecule has 0 aliphatic rings. The van der Waals surface area contributed by atoms with Gasteiger partial charge in [-0.15, -0.1) is 0 Å². The SMILES string of the molecule is Cc1c(Cl)nc(C(C)(C)C)nc1NCC(C)(O)CN(C)C. The van der Waals surface area contributed by atoms with Crippen LogP contribution in [0.2, 0.25) is 5.15 Å². The smallest absolute Gasteiger partial charge is 0.137 e. The molecular formula is C15H27ClN4O. The summed E-state index contributed by atoms with van der Waals surface area (Å²) in [4.78, 5) is 10.8. The third-order valence-corrected chi connectivity index (χ3v) is 3.42. The number of hydrogen-bond acceptors (Lipinski definition) is 5. The molecule has 6 heteroatoms. The van der Waals surface area contributed by atoms with Gasteiger partial charge < -0.3 is 15.3 Å². The molecule has 2 N–H and O–H groups in total. The molecule has 0 aliphatic heterocycles. The lowest BCUT2D eigenvalue weighted by Gasteiger charge is -2.28. The van der Waals surface area contributed by atoms with E-state index in [0.29, 0.717) is 29.9 Å². The second-order valence-electron chi connectivity index (χ2n) is 7.15. The van der Waals surface area contributed by atoms with E-state index in [1.165, 1.54) is 0 Å². The standard InChI is InChI=1S/C15H27ClN4O/c1-10-11(16)18-13(14(2,3)4)19-12(10)17-8-15(5,21)9-20(6)7/h21H,8-9H2,1-7H3,(H,17,18,19). The Morgan fingerprint density at radius 3 is 2.24 bits per heavy atom. The molecule has 0 radical (unpaired) electrons. The molecular weight excluding hydrogens is 288 g/mol. The number of likely N-dealkylation sites (N-methyl/N-ethyl adjacent to an activating group) is 1. The van der Waals surface area contributed by atoms with E-state index in [1.807, 2.05) is 46.7 Å². The Balaban J connectivity index is 2.96. The van der Waals surface area contributed by atoms with Gasteiger partial charge in [0.1, 0.15) is 16.8 Å². The van der Waals surface area contributed by atoms with Gasteiger partial charge >= 0.3 is 0 Å². The van der Waals surface area contributed by atoms with Gasteiger partial charge in [0.05, 0.1) is 5.60 Å². The van der Waals surface area contributed by atoms with E-state index in [2.05, 4.69) is 15.3 Å². The van der Waals surface area contributed by atoms with Crippen molar-refractivity contribution in [2.75, 3.05) is 32.5 Å². The number of aliphatic hydroxyl groups is 1. The second kappa shape index (κ2) is 6.46. The monoisotopic (exact) mass is 314 g/mol. The van der Waals surface area contributed by atoms with Crippen LogP contribution in [-0.4, -0.2) is 52.8 Å². The van der Waals surface area contributed by atoms with Gasteiger partial charge in [-0.2, -0.15) is 0 Å². The van der Waals surface area contributed by atoms with Crippen molar-refractivity contribution >= 4 is 17.4 Å². The van der Waals surface area contributed by atoms with Gasteiger partial charge in [0, 0.05) is 24.1 Å². The van der Waals surface area contributed by atoms with Crippen LogP contribution in [0.25, 0.3) is 0 Å². The van der Waals surface area contributed by atoms with Gasteiger partial charge in [-0.05, 0) is 27.9 Å². The Kier molecular flexibility index (Phi) is 5.58. The molecule has 0 saturated carbocycles. The maximum Gasteiger partial charge on any atom is 0.137 e. The normalized spacial score (nSPS) is 15.1. The highest BCUT2D eigenvalue weighted by atomic mass is 35.5. The van der Waals surface area contributed by atoms with Crippen LogP contribution in [-0.2, 0) is 5.41 Å². The molecule has 1 heterocycles. The van der Waals surface area contributed by atoms with Crippen LogP contribution in [0, 0.1) is 6.92 Å². The summed E-state index contributed by atoms with van der Waals surface area (Å²) in [5.74, 6) is 1.37. The second-order valence-corrected chi connectivity index (χ2v) is 7.51. The van der Waals surface area contributed by atoms with Gasteiger partial charge in [-0.3, -0.25) is 0 Å². The number of hydrogen-bond donors (Lipinski definition) is 2. The zero-order valence-electron chi connectivity index (χ0n) is 14.1. The first kappa shape index (κ1) is 18.1. The lowest BCUT2D eigenvalue weighted by atomic mass is 9.95. The average molecular weight is 315 g/mol. The van der Waals surface area contributed by atoms with Crippen molar-refractivity contribution in [2.24, 2.45) is 0 Å². The van der Waals surface area contributed by atoms with Crippen molar-refractivity contribution < 1.29 is 5.11 Å². The van der Waals surface area contributed by atoms with E-state index in [1.54, 1.807) is 6.92 Å². The first-order valence-corrected chi connectivity index (χ1v) is 7.46. The number of rotatable bonds is 5. The molecule has 120 valence electrons. The van der Waals surface area contributed by atoms with Crippen molar-refractivity contribution in [3.63, 3.8) is 0 Å². The first-order chi connectivity index (χ1) is 9.42. The number of anilines is 1. The van der Waals surface area contributed by atoms with Gasteiger partial charge in [-0.25, -0.2) is 9.97 Å². The van der Waals surface area contributed by atoms with E-state index in [9.17, 15) is 5.11 Å². The van der Waals surface area contributed by atoms with Crippen molar-refractivity contribution in [3.05, 3.63) is 16.5 Å². The molecule has 1 aromatic heterocycles. The highest BCUT2D eigenvalue weighted by Crippen LogP contribution is 2.26. The summed E-state index contributed by atoms with van der Waals surface area (Å²) in [6.07, 6.45) is 0. The largest absolute Gasteiger partial charge is 0.387 e. The predicted octanol–water partition coefficient (Wildman–Crippen LogP) is 2.46. The fourth-order valence-electron chi connectivity index (χ4n) is 2.01. The third-order valence-electron chi connectivity index (χ3n) is 3.05. The van der Waals surface area contributed by atoms with E-state index in [0.717, 1.165) is 5.56 Å². The average Bonchev–Trinajstić information content (AvgIpc) is 2.27. The zero-order valence-corrected chi connectivity index (χ0v) is 14.8. The summed E-state index contributed by atoms with van der Waals surface area (Å²) in [7, 11) is 3.86. The Bertz CT molecular complexity index is 495. The first-order valence-electron chi connectivity index (χ1n) is 7.08. The van der Waals surface area contributed by atoms with E-state index < -0.39 is 5.60 Å². The van der Waals surface area contributed by atoms with Gasteiger partial charge in [0.2, 0.25) is 0 Å². The topological polar surface area (TPSA) is 61.3 Å². The molecule has 1 aromatic rings. The Morgan fingerprint density at radius 1 is 1.19 bits per heavy atom. The molecule has 21 heavy (non-hydrogen) atoms. The van der Waals surface area contributed by atoms with Gasteiger partial charge in [-0.1, -0.05) is 32.4 Å². The predicted molar refractivity (Wildman–Crippen MR) is 88.1 cm³/mol. The number of nitrogens with one attached hydrogen (secondary N) is 1. The summed E-state index contributed by atoms with van der Waals surface area (Å²) in [5, 5.41) is 14.0. The highest BCUT2D eigenvalue weighted by molar-refractivity contribution is 6.30. The molecule has 0 aromatic carbocycles. The van der Waals surface area contributed by atoms with Crippen LogP contribution in [0.3, 0.4) is 0 Å². The van der Waals surface area contributed by atoms with Crippen LogP contribution >= 0.6 is 11.6 Å². The lowest BCUT2D eigenvalue weighted by Crippen LogP contribution is -2.43. The Labute approximate surface area is 132 Å². The minimum absolute atomic E-state index is 0.181. The number of nitrogens with zero attached hydrogens (tertiary/aromatic N) is 3. The number of aromatic nitrogens is 2. The molecule has 0 fully saturated rings. The van der Waals surface area contributed by atoms with E-state index >= 15 is 0 Å².